The lowest BCUT2D eigenvalue weighted by Crippen LogP contribution is -2.31. The van der Waals surface area contributed by atoms with E-state index in [2.05, 4.69) is 12.2 Å². The largest absolute Gasteiger partial charge is 0.494 e. The van der Waals surface area contributed by atoms with E-state index in [1.165, 1.54) is 38.5 Å². The van der Waals surface area contributed by atoms with Gasteiger partial charge in [0.2, 0.25) is 0 Å². The first-order valence-electron chi connectivity index (χ1n) is 9.29. The summed E-state index contributed by atoms with van der Waals surface area (Å²) in [6, 6.07) is 7.40. The quantitative estimate of drug-likeness (QED) is 0.518. The van der Waals surface area contributed by atoms with Gasteiger partial charge in [-0.2, -0.15) is 0 Å². The molecule has 0 aliphatic carbocycles. The van der Waals surface area contributed by atoms with Crippen molar-refractivity contribution in [2.75, 3.05) is 33.8 Å². The number of halogens is 1. The Kier molecular flexibility index (Phi) is 14.3. The van der Waals surface area contributed by atoms with Crippen molar-refractivity contribution in [2.45, 2.75) is 51.9 Å². The molecule has 0 unspecified atom stereocenters. The molecule has 0 spiro atoms. The molecule has 144 valence electrons. The summed E-state index contributed by atoms with van der Waals surface area (Å²) < 4.78 is 5.74. The molecule has 0 aromatic heterocycles. The van der Waals surface area contributed by atoms with Gasteiger partial charge in [0.15, 0.2) is 0 Å². The molecule has 0 saturated carbocycles. The average Bonchev–Trinajstić information content (AvgIpc) is 2.57. The van der Waals surface area contributed by atoms with E-state index < -0.39 is 0 Å². The van der Waals surface area contributed by atoms with Crippen LogP contribution in [0.5, 0.6) is 5.75 Å². The number of amides is 1. The molecule has 0 bridgehead atoms. The predicted octanol–water partition coefficient (Wildman–Crippen LogP) is 4.53. The minimum atomic E-state index is -0.0320. The van der Waals surface area contributed by atoms with E-state index in [1.54, 1.807) is 0 Å². The SMILES string of the molecule is CCCCCCCCCOc1ccc(C(=O)NCCN(C)C)cc1.Cl. The van der Waals surface area contributed by atoms with Crippen LogP contribution in [-0.4, -0.2) is 44.6 Å². The molecule has 0 atom stereocenters. The van der Waals surface area contributed by atoms with Crippen LogP contribution in [0, 0.1) is 0 Å². The van der Waals surface area contributed by atoms with E-state index >= 15 is 0 Å². The second-order valence-electron chi connectivity index (χ2n) is 6.55. The van der Waals surface area contributed by atoms with Gasteiger partial charge in [-0.05, 0) is 44.8 Å². The van der Waals surface area contributed by atoms with Gasteiger partial charge in [-0.25, -0.2) is 0 Å². The molecular formula is C20H35ClN2O2. The zero-order chi connectivity index (χ0) is 17.6. The van der Waals surface area contributed by atoms with Gasteiger partial charge >= 0.3 is 0 Å². The van der Waals surface area contributed by atoms with Gasteiger partial charge in [0.25, 0.3) is 5.91 Å². The Morgan fingerprint density at radius 3 is 2.20 bits per heavy atom. The molecule has 0 heterocycles. The van der Waals surface area contributed by atoms with Crippen molar-refractivity contribution in [1.29, 1.82) is 0 Å². The molecule has 5 heteroatoms. The third kappa shape index (κ3) is 11.8. The molecule has 0 fully saturated rings. The number of benzene rings is 1. The first-order valence-corrected chi connectivity index (χ1v) is 9.29. The summed E-state index contributed by atoms with van der Waals surface area (Å²) in [6.07, 6.45) is 8.98. The van der Waals surface area contributed by atoms with Crippen LogP contribution in [0.3, 0.4) is 0 Å². The van der Waals surface area contributed by atoms with Crippen LogP contribution in [0.2, 0.25) is 0 Å². The average molecular weight is 371 g/mol. The maximum absolute atomic E-state index is 12.0. The van der Waals surface area contributed by atoms with Gasteiger partial charge in [-0.3, -0.25) is 4.79 Å². The molecule has 1 aromatic rings. The van der Waals surface area contributed by atoms with Gasteiger partial charge in [0.1, 0.15) is 5.75 Å². The third-order valence-corrected chi connectivity index (χ3v) is 3.98. The second kappa shape index (κ2) is 15.0. The number of likely N-dealkylation sites (N-methyl/N-ethyl adjacent to an activating group) is 1. The van der Waals surface area contributed by atoms with Crippen molar-refractivity contribution >= 4 is 18.3 Å². The number of rotatable bonds is 13. The van der Waals surface area contributed by atoms with Crippen LogP contribution in [0.15, 0.2) is 24.3 Å². The highest BCUT2D eigenvalue weighted by atomic mass is 35.5. The number of nitrogens with one attached hydrogen (secondary N) is 1. The highest BCUT2D eigenvalue weighted by Crippen LogP contribution is 2.13. The van der Waals surface area contributed by atoms with Crippen LogP contribution < -0.4 is 10.1 Å². The van der Waals surface area contributed by atoms with Gasteiger partial charge in [-0.15, -0.1) is 12.4 Å². The van der Waals surface area contributed by atoms with Gasteiger partial charge in [0, 0.05) is 18.7 Å². The first-order chi connectivity index (χ1) is 11.6. The zero-order valence-corrected chi connectivity index (χ0v) is 16.9. The van der Waals surface area contributed by atoms with E-state index in [-0.39, 0.29) is 18.3 Å². The lowest BCUT2D eigenvalue weighted by Gasteiger charge is -2.11. The standard InChI is InChI=1S/C20H34N2O2.ClH/c1-4-5-6-7-8-9-10-17-24-19-13-11-18(12-14-19)20(23)21-15-16-22(2)3;/h11-14H,4-10,15-17H2,1-3H3,(H,21,23);1H. The Hall–Kier alpha value is -1.26. The smallest absolute Gasteiger partial charge is 0.251 e. The summed E-state index contributed by atoms with van der Waals surface area (Å²) in [5.74, 6) is 0.807. The van der Waals surface area contributed by atoms with Crippen molar-refractivity contribution in [2.24, 2.45) is 0 Å². The molecule has 1 aromatic carbocycles. The van der Waals surface area contributed by atoms with Crippen molar-refractivity contribution in [3.8, 4) is 5.75 Å². The third-order valence-electron chi connectivity index (χ3n) is 3.98. The Bertz CT molecular complexity index is 450. The topological polar surface area (TPSA) is 41.6 Å². The van der Waals surface area contributed by atoms with E-state index in [1.807, 2.05) is 43.3 Å². The molecule has 1 amide bonds. The second-order valence-corrected chi connectivity index (χ2v) is 6.55. The predicted molar refractivity (Wildman–Crippen MR) is 108 cm³/mol. The number of unbranched alkanes of at least 4 members (excludes halogenated alkanes) is 6. The van der Waals surface area contributed by atoms with Crippen LogP contribution in [0.25, 0.3) is 0 Å². The Balaban J connectivity index is 0.00000576. The number of ether oxygens (including phenoxy) is 1. The lowest BCUT2D eigenvalue weighted by atomic mass is 10.1. The number of hydrogen-bond donors (Lipinski definition) is 1. The summed E-state index contributed by atoms with van der Waals surface area (Å²) in [5.41, 5.74) is 0.678. The molecule has 0 aliphatic heterocycles. The van der Waals surface area contributed by atoms with Gasteiger partial charge in [-0.1, -0.05) is 45.4 Å². The summed E-state index contributed by atoms with van der Waals surface area (Å²) in [5, 5.41) is 2.91. The molecule has 1 rings (SSSR count). The number of nitrogens with zero attached hydrogens (tertiary/aromatic N) is 1. The molecule has 0 aliphatic rings. The van der Waals surface area contributed by atoms with Crippen LogP contribution in [0.1, 0.15) is 62.2 Å². The lowest BCUT2D eigenvalue weighted by molar-refractivity contribution is 0.0951. The summed E-state index contributed by atoms with van der Waals surface area (Å²) in [7, 11) is 3.98. The summed E-state index contributed by atoms with van der Waals surface area (Å²) in [6.45, 7) is 4.49. The highest BCUT2D eigenvalue weighted by molar-refractivity contribution is 5.94. The van der Waals surface area contributed by atoms with Gasteiger partial charge in [0.05, 0.1) is 6.61 Å². The Morgan fingerprint density at radius 1 is 1.00 bits per heavy atom. The fourth-order valence-corrected chi connectivity index (χ4v) is 2.45. The van der Waals surface area contributed by atoms with Crippen molar-refractivity contribution in [3.05, 3.63) is 29.8 Å². The number of carbonyl (C=O) groups is 1. The van der Waals surface area contributed by atoms with E-state index in [4.69, 9.17) is 4.74 Å². The molecule has 4 nitrogen and oxygen atoms in total. The summed E-state index contributed by atoms with van der Waals surface area (Å²) in [4.78, 5) is 14.0. The molecular weight excluding hydrogens is 336 g/mol. The first kappa shape index (κ1) is 23.7. The monoisotopic (exact) mass is 370 g/mol. The Morgan fingerprint density at radius 2 is 1.60 bits per heavy atom. The Labute approximate surface area is 159 Å². The fraction of sp³-hybridized carbons (Fsp3) is 0.650. The van der Waals surface area contributed by atoms with Crippen molar-refractivity contribution in [3.63, 3.8) is 0 Å². The minimum Gasteiger partial charge on any atom is -0.494 e. The van der Waals surface area contributed by atoms with Gasteiger partial charge < -0.3 is 15.0 Å². The van der Waals surface area contributed by atoms with Crippen molar-refractivity contribution < 1.29 is 9.53 Å². The number of hydrogen-bond acceptors (Lipinski definition) is 3. The van der Waals surface area contributed by atoms with E-state index in [0.29, 0.717) is 12.1 Å². The summed E-state index contributed by atoms with van der Waals surface area (Å²) >= 11 is 0. The molecule has 0 radical (unpaired) electrons. The highest BCUT2D eigenvalue weighted by Gasteiger charge is 2.05. The van der Waals surface area contributed by atoms with Crippen LogP contribution in [-0.2, 0) is 0 Å². The maximum Gasteiger partial charge on any atom is 0.251 e. The van der Waals surface area contributed by atoms with Crippen molar-refractivity contribution in [1.82, 2.24) is 10.2 Å². The molecule has 0 saturated heterocycles. The normalized spacial score (nSPS) is 10.4. The maximum atomic E-state index is 12.0. The van der Waals surface area contributed by atoms with Crippen LogP contribution in [0.4, 0.5) is 0 Å². The van der Waals surface area contributed by atoms with E-state index in [9.17, 15) is 4.79 Å². The van der Waals surface area contributed by atoms with Crippen LogP contribution >= 0.6 is 12.4 Å². The zero-order valence-electron chi connectivity index (χ0n) is 16.1. The molecule has 1 N–H and O–H groups in total. The fourth-order valence-electron chi connectivity index (χ4n) is 2.45. The number of carbonyl (C=O) groups excluding carboxylic acids is 1. The minimum absolute atomic E-state index is 0. The molecule has 25 heavy (non-hydrogen) atoms. The van der Waals surface area contributed by atoms with E-state index in [0.717, 1.165) is 25.3 Å².